The fourth-order valence-electron chi connectivity index (χ4n) is 3.69. The van der Waals surface area contributed by atoms with E-state index in [1.807, 2.05) is 13.8 Å². The van der Waals surface area contributed by atoms with Gasteiger partial charge in [0.15, 0.2) is 10.8 Å². The molecule has 0 aliphatic carbocycles. The maximum atomic E-state index is 12.8. The number of rotatable bonds is 9. The average Bonchev–Trinajstić information content (AvgIpc) is 3.47. The summed E-state index contributed by atoms with van der Waals surface area (Å²) < 4.78 is 138. The molecule has 3 heterocycles. The summed E-state index contributed by atoms with van der Waals surface area (Å²) in [6.45, 7) is 1.16. The number of ether oxygens (including phenoxy) is 1. The number of hydrogen-bond acceptors (Lipinski definition) is 11. The fourth-order valence-corrected chi connectivity index (χ4v) is 5.69. The molecule has 1 aliphatic heterocycles. The first-order chi connectivity index (χ1) is 18.9. The zero-order valence-corrected chi connectivity index (χ0v) is 23.4. The molecule has 0 amide bonds. The molecule has 0 saturated heterocycles. The molecule has 4 rings (SSSR count). The lowest BCUT2D eigenvalue weighted by molar-refractivity contribution is -0.0563. The molecule has 0 atom stereocenters. The SMILES string of the molecule is CC(C)n1ncnc1-c1nc2c(s1)CCOc1cc(C(COS(=O)(=O)C(F)(F)F)COS(=O)(=O)C(F)(F)F)ccc1-2. The Morgan fingerprint density at radius 2 is 1.63 bits per heavy atom. The maximum Gasteiger partial charge on any atom is 0.523 e. The summed E-state index contributed by atoms with van der Waals surface area (Å²) in [4.78, 5) is 9.73. The number of hydrogen-bond donors (Lipinski definition) is 0. The average molecular weight is 651 g/mol. The lowest BCUT2D eigenvalue weighted by Gasteiger charge is -2.20. The summed E-state index contributed by atoms with van der Waals surface area (Å²) in [7, 11) is -12.3. The number of nitrogens with zero attached hydrogens (tertiary/aromatic N) is 4. The molecule has 3 aromatic rings. The molecular weight excluding hydrogens is 630 g/mol. The van der Waals surface area contributed by atoms with E-state index in [-0.39, 0.29) is 24.0 Å². The third-order valence-electron chi connectivity index (χ3n) is 5.69. The highest BCUT2D eigenvalue weighted by atomic mass is 32.2. The maximum absolute atomic E-state index is 12.8. The predicted molar refractivity (Wildman–Crippen MR) is 131 cm³/mol. The number of thiazole rings is 1. The van der Waals surface area contributed by atoms with Gasteiger partial charge in [0.05, 0.1) is 25.5 Å². The van der Waals surface area contributed by atoms with Crippen molar-refractivity contribution in [2.24, 2.45) is 0 Å². The smallest absolute Gasteiger partial charge is 0.492 e. The highest BCUT2D eigenvalue weighted by Gasteiger charge is 2.49. The van der Waals surface area contributed by atoms with E-state index in [0.29, 0.717) is 28.5 Å². The molecule has 2 aromatic heterocycles. The Kier molecular flexibility index (Phi) is 8.44. The van der Waals surface area contributed by atoms with E-state index in [4.69, 9.17) is 4.74 Å². The molecule has 0 N–H and O–H groups in total. The van der Waals surface area contributed by atoms with Crippen LogP contribution in [0.3, 0.4) is 0 Å². The Labute approximate surface area is 233 Å². The van der Waals surface area contributed by atoms with Crippen LogP contribution in [0.25, 0.3) is 22.1 Å². The van der Waals surface area contributed by atoms with Gasteiger partial charge in [-0.25, -0.2) is 14.6 Å². The lowest BCUT2D eigenvalue weighted by atomic mass is 9.98. The van der Waals surface area contributed by atoms with Crippen LogP contribution in [0.4, 0.5) is 26.3 Å². The Morgan fingerprint density at radius 3 is 2.20 bits per heavy atom. The largest absolute Gasteiger partial charge is 0.523 e. The van der Waals surface area contributed by atoms with Gasteiger partial charge in [0.2, 0.25) is 0 Å². The van der Waals surface area contributed by atoms with Gasteiger partial charge in [0.25, 0.3) is 0 Å². The van der Waals surface area contributed by atoms with Crippen LogP contribution >= 0.6 is 11.3 Å². The highest BCUT2D eigenvalue weighted by molar-refractivity contribution is 7.87. The Bertz CT molecular complexity index is 1590. The number of aromatic nitrogens is 4. The molecular formula is C21H20F6N4O7S3. The van der Waals surface area contributed by atoms with Crippen molar-refractivity contribution in [3.8, 4) is 27.8 Å². The van der Waals surface area contributed by atoms with E-state index in [1.165, 1.54) is 35.9 Å². The Hall–Kier alpha value is -2.81. The molecule has 0 spiro atoms. The van der Waals surface area contributed by atoms with Gasteiger partial charge in [-0.2, -0.15) is 48.3 Å². The Balaban J connectivity index is 1.69. The standard InChI is InChI=1S/C21H20F6N4O7S3/c1-11(2)31-18(28-10-29-31)19-30-17-14-4-3-12(7-15(14)36-6-5-16(17)39-19)13(8-37-40(32,33)20(22,23)24)9-38-41(34,35)21(25,26)27/h3-4,7,10-11,13H,5-6,8-9H2,1-2H3. The molecule has 226 valence electrons. The van der Waals surface area contributed by atoms with Crippen molar-refractivity contribution >= 4 is 31.6 Å². The summed E-state index contributed by atoms with van der Waals surface area (Å²) in [6.07, 6.45) is 1.78. The van der Waals surface area contributed by atoms with E-state index in [9.17, 15) is 43.2 Å². The lowest BCUT2D eigenvalue weighted by Crippen LogP contribution is -2.30. The minimum Gasteiger partial charge on any atom is -0.492 e. The van der Waals surface area contributed by atoms with Gasteiger partial charge in [-0.15, -0.1) is 11.3 Å². The zero-order chi connectivity index (χ0) is 30.4. The zero-order valence-electron chi connectivity index (χ0n) is 20.9. The highest BCUT2D eigenvalue weighted by Crippen LogP contribution is 2.41. The molecule has 1 aliphatic rings. The van der Waals surface area contributed by atoms with Gasteiger partial charge >= 0.3 is 31.3 Å². The second kappa shape index (κ2) is 11.1. The van der Waals surface area contributed by atoms with E-state index in [2.05, 4.69) is 23.4 Å². The fraction of sp³-hybridized carbons (Fsp3) is 0.476. The summed E-state index contributed by atoms with van der Waals surface area (Å²) in [5, 5.41) is 4.74. The summed E-state index contributed by atoms with van der Waals surface area (Å²) in [5.74, 6) is -1.08. The number of alkyl halides is 6. The Morgan fingerprint density at radius 1 is 1.02 bits per heavy atom. The first kappa shape index (κ1) is 31.1. The monoisotopic (exact) mass is 650 g/mol. The number of fused-ring (bicyclic) bond motifs is 3. The molecule has 0 fully saturated rings. The van der Waals surface area contributed by atoms with Crippen LogP contribution in [0.15, 0.2) is 24.5 Å². The quantitative estimate of drug-likeness (QED) is 0.186. The molecule has 20 heteroatoms. The van der Waals surface area contributed by atoms with Crippen molar-refractivity contribution in [2.45, 2.75) is 43.2 Å². The van der Waals surface area contributed by atoms with Crippen molar-refractivity contribution in [1.82, 2.24) is 19.7 Å². The third kappa shape index (κ3) is 6.50. The van der Waals surface area contributed by atoms with Crippen LogP contribution in [-0.4, -0.2) is 67.4 Å². The van der Waals surface area contributed by atoms with Gasteiger partial charge in [0, 0.05) is 28.8 Å². The van der Waals surface area contributed by atoms with Crippen LogP contribution in [-0.2, 0) is 35.0 Å². The topological polar surface area (TPSA) is 140 Å². The normalized spacial score (nSPS) is 14.6. The van der Waals surface area contributed by atoms with E-state index < -0.39 is 50.4 Å². The van der Waals surface area contributed by atoms with Crippen LogP contribution in [0.2, 0.25) is 0 Å². The van der Waals surface area contributed by atoms with Gasteiger partial charge in [0.1, 0.15) is 12.1 Å². The first-order valence-corrected chi connectivity index (χ1v) is 15.1. The number of halogens is 6. The van der Waals surface area contributed by atoms with E-state index >= 15 is 0 Å². The van der Waals surface area contributed by atoms with Gasteiger partial charge in [-0.1, -0.05) is 6.07 Å². The van der Waals surface area contributed by atoms with Gasteiger partial charge in [-0.05, 0) is 31.5 Å². The van der Waals surface area contributed by atoms with Crippen LogP contribution in [0.5, 0.6) is 5.75 Å². The molecule has 11 nitrogen and oxygen atoms in total. The van der Waals surface area contributed by atoms with Crippen molar-refractivity contribution in [3.05, 3.63) is 35.0 Å². The van der Waals surface area contributed by atoms with Gasteiger partial charge in [-0.3, -0.25) is 8.37 Å². The van der Waals surface area contributed by atoms with Crippen molar-refractivity contribution in [3.63, 3.8) is 0 Å². The van der Waals surface area contributed by atoms with E-state index in [0.717, 1.165) is 4.88 Å². The minimum atomic E-state index is -6.15. The summed E-state index contributed by atoms with van der Waals surface area (Å²) >= 11 is 1.34. The summed E-state index contributed by atoms with van der Waals surface area (Å²) in [6, 6.07) is 3.86. The predicted octanol–water partition coefficient (Wildman–Crippen LogP) is 4.40. The second-order valence-electron chi connectivity index (χ2n) is 8.83. The molecule has 0 unspecified atom stereocenters. The number of benzene rings is 1. The van der Waals surface area contributed by atoms with Crippen LogP contribution < -0.4 is 4.74 Å². The molecule has 0 bridgehead atoms. The molecule has 0 saturated carbocycles. The van der Waals surface area contributed by atoms with Crippen LogP contribution in [0.1, 0.15) is 36.2 Å². The van der Waals surface area contributed by atoms with E-state index in [1.54, 1.807) is 4.68 Å². The van der Waals surface area contributed by atoms with Crippen LogP contribution in [0, 0.1) is 0 Å². The third-order valence-corrected chi connectivity index (χ3v) is 8.82. The molecule has 41 heavy (non-hydrogen) atoms. The van der Waals surface area contributed by atoms with Crippen molar-refractivity contribution < 1.29 is 56.3 Å². The molecule has 0 radical (unpaired) electrons. The summed E-state index contributed by atoms with van der Waals surface area (Å²) in [5.41, 5.74) is -10.9. The first-order valence-electron chi connectivity index (χ1n) is 11.5. The van der Waals surface area contributed by atoms with Crippen molar-refractivity contribution in [2.75, 3.05) is 19.8 Å². The minimum absolute atomic E-state index is 0.0157. The second-order valence-corrected chi connectivity index (χ2v) is 13.1. The molecule has 1 aromatic carbocycles. The van der Waals surface area contributed by atoms with Crippen molar-refractivity contribution in [1.29, 1.82) is 0 Å². The van der Waals surface area contributed by atoms with Gasteiger partial charge < -0.3 is 4.74 Å².